The highest BCUT2D eigenvalue weighted by Gasteiger charge is 2.19. The Morgan fingerprint density at radius 3 is 2.47 bits per heavy atom. The van der Waals surface area contributed by atoms with Gasteiger partial charge >= 0.3 is 0 Å². The number of benzene rings is 1. The molecule has 0 atom stereocenters. The zero-order valence-electron chi connectivity index (χ0n) is 9.71. The van der Waals surface area contributed by atoms with Gasteiger partial charge in [0.25, 0.3) is 11.6 Å². The predicted molar refractivity (Wildman–Crippen MR) is 62.0 cm³/mol. The zero-order chi connectivity index (χ0) is 13.0. The summed E-state index contributed by atoms with van der Waals surface area (Å²) < 4.78 is 0. The molecule has 1 amide bonds. The molecule has 0 saturated heterocycles. The molecule has 0 radical (unpaired) electrons. The third kappa shape index (κ3) is 2.72. The number of nitro groups is 1. The van der Waals surface area contributed by atoms with Crippen LogP contribution in [0, 0.1) is 10.1 Å². The van der Waals surface area contributed by atoms with Crippen molar-refractivity contribution in [2.24, 2.45) is 0 Å². The van der Waals surface area contributed by atoms with Crippen LogP contribution in [0.1, 0.15) is 24.2 Å². The lowest BCUT2D eigenvalue weighted by molar-refractivity contribution is -0.384. The predicted octanol–water partition coefficient (Wildman–Crippen LogP) is 1.78. The molecule has 92 valence electrons. The first kappa shape index (κ1) is 13.0. The number of rotatable bonds is 4. The van der Waals surface area contributed by atoms with Crippen LogP contribution in [-0.4, -0.2) is 33.9 Å². The number of aromatic hydroxyl groups is 1. The Labute approximate surface area is 98.6 Å². The summed E-state index contributed by atoms with van der Waals surface area (Å²) in [6, 6.07) is 3.42. The van der Waals surface area contributed by atoms with Crippen LogP contribution >= 0.6 is 0 Å². The number of carbonyl (C=O) groups excluding carboxylic acids is 1. The van der Waals surface area contributed by atoms with Gasteiger partial charge in [0.05, 0.1) is 10.5 Å². The number of carbonyl (C=O) groups is 1. The molecule has 0 spiro atoms. The molecular formula is C11H14N2O4. The van der Waals surface area contributed by atoms with Gasteiger partial charge in [0.2, 0.25) is 0 Å². The van der Waals surface area contributed by atoms with Crippen LogP contribution in [0.15, 0.2) is 18.2 Å². The summed E-state index contributed by atoms with van der Waals surface area (Å²) in [7, 11) is 0. The highest BCUT2D eigenvalue weighted by Crippen LogP contribution is 2.24. The van der Waals surface area contributed by atoms with Crippen molar-refractivity contribution < 1.29 is 14.8 Å². The van der Waals surface area contributed by atoms with Crippen molar-refractivity contribution in [3.63, 3.8) is 0 Å². The molecule has 0 aliphatic rings. The quantitative estimate of drug-likeness (QED) is 0.640. The molecule has 0 saturated carbocycles. The molecule has 1 aromatic carbocycles. The van der Waals surface area contributed by atoms with E-state index in [0.29, 0.717) is 13.1 Å². The second-order valence-corrected chi connectivity index (χ2v) is 3.44. The second-order valence-electron chi connectivity index (χ2n) is 3.44. The van der Waals surface area contributed by atoms with E-state index in [0.717, 1.165) is 18.2 Å². The molecule has 1 N–H and O–H groups in total. The second kappa shape index (κ2) is 5.29. The highest BCUT2D eigenvalue weighted by atomic mass is 16.6. The molecule has 6 nitrogen and oxygen atoms in total. The number of phenols is 1. The standard InChI is InChI=1S/C11H14N2O4/c1-3-12(4-2)11(15)9-7-8(13(16)17)5-6-10(9)14/h5-7,14H,3-4H2,1-2H3. The molecule has 0 aliphatic carbocycles. The van der Waals surface area contributed by atoms with Gasteiger partial charge in [-0.1, -0.05) is 0 Å². The Kier molecular flexibility index (Phi) is 4.03. The Morgan fingerprint density at radius 2 is 2.00 bits per heavy atom. The lowest BCUT2D eigenvalue weighted by Gasteiger charge is -2.18. The highest BCUT2D eigenvalue weighted by molar-refractivity contribution is 5.97. The Morgan fingerprint density at radius 1 is 1.41 bits per heavy atom. The van der Waals surface area contributed by atoms with Crippen molar-refractivity contribution >= 4 is 11.6 Å². The van der Waals surface area contributed by atoms with Gasteiger partial charge in [-0.05, 0) is 19.9 Å². The summed E-state index contributed by atoms with van der Waals surface area (Å²) in [6.07, 6.45) is 0. The number of non-ortho nitro benzene ring substituents is 1. The zero-order valence-corrected chi connectivity index (χ0v) is 9.71. The Bertz CT molecular complexity index is 441. The summed E-state index contributed by atoms with van der Waals surface area (Å²) in [5.41, 5.74) is -0.249. The van der Waals surface area contributed by atoms with Crippen LogP contribution in [0.4, 0.5) is 5.69 Å². The number of phenolic OH excluding ortho intramolecular Hbond substituents is 1. The van der Waals surface area contributed by atoms with E-state index in [4.69, 9.17) is 0 Å². The first-order valence-corrected chi connectivity index (χ1v) is 5.27. The fourth-order valence-corrected chi connectivity index (χ4v) is 1.49. The summed E-state index contributed by atoms with van der Waals surface area (Å²) in [5, 5.41) is 20.2. The smallest absolute Gasteiger partial charge is 0.270 e. The maximum absolute atomic E-state index is 11.9. The largest absolute Gasteiger partial charge is 0.507 e. The monoisotopic (exact) mass is 238 g/mol. The minimum Gasteiger partial charge on any atom is -0.507 e. The van der Waals surface area contributed by atoms with Crippen molar-refractivity contribution in [2.45, 2.75) is 13.8 Å². The van der Waals surface area contributed by atoms with Gasteiger partial charge in [0, 0.05) is 25.2 Å². The fraction of sp³-hybridized carbons (Fsp3) is 0.364. The first-order valence-electron chi connectivity index (χ1n) is 5.27. The SMILES string of the molecule is CCN(CC)C(=O)c1cc([N+](=O)[O-])ccc1O. The third-order valence-corrected chi connectivity index (χ3v) is 2.47. The molecule has 0 heterocycles. The van der Waals surface area contributed by atoms with Crippen LogP contribution in [0.3, 0.4) is 0 Å². The molecule has 0 aromatic heterocycles. The normalized spacial score (nSPS) is 10.0. The third-order valence-electron chi connectivity index (χ3n) is 2.47. The minimum absolute atomic E-state index is 0.0390. The van der Waals surface area contributed by atoms with Crippen LogP contribution in [0.5, 0.6) is 5.75 Å². The lowest BCUT2D eigenvalue weighted by Crippen LogP contribution is -2.30. The molecule has 1 aromatic rings. The molecule has 1 rings (SSSR count). The molecule has 0 fully saturated rings. The van der Waals surface area contributed by atoms with Crippen LogP contribution < -0.4 is 0 Å². The first-order chi connectivity index (χ1) is 8.01. The Balaban J connectivity index is 3.16. The van der Waals surface area contributed by atoms with E-state index in [1.807, 2.05) is 0 Å². The lowest BCUT2D eigenvalue weighted by atomic mass is 10.1. The maximum Gasteiger partial charge on any atom is 0.270 e. The number of nitrogens with zero attached hydrogens (tertiary/aromatic N) is 2. The van der Waals surface area contributed by atoms with E-state index in [2.05, 4.69) is 0 Å². The number of hydrogen-bond donors (Lipinski definition) is 1. The van der Waals surface area contributed by atoms with Gasteiger partial charge in [0.1, 0.15) is 5.75 Å². The Hall–Kier alpha value is -2.11. The average molecular weight is 238 g/mol. The molecule has 0 aliphatic heterocycles. The van der Waals surface area contributed by atoms with Crippen molar-refractivity contribution in [1.82, 2.24) is 4.90 Å². The van der Waals surface area contributed by atoms with Gasteiger partial charge in [-0.25, -0.2) is 0 Å². The van der Waals surface area contributed by atoms with E-state index in [1.165, 1.54) is 4.90 Å². The van der Waals surface area contributed by atoms with E-state index >= 15 is 0 Å². The summed E-state index contributed by atoms with van der Waals surface area (Å²) >= 11 is 0. The summed E-state index contributed by atoms with van der Waals surface area (Å²) in [6.45, 7) is 4.57. The van der Waals surface area contributed by atoms with Gasteiger partial charge in [-0.15, -0.1) is 0 Å². The molecule has 0 unspecified atom stereocenters. The summed E-state index contributed by atoms with van der Waals surface area (Å²) in [5.74, 6) is -0.649. The number of hydrogen-bond acceptors (Lipinski definition) is 4. The number of amides is 1. The average Bonchev–Trinajstić information content (AvgIpc) is 2.30. The van der Waals surface area contributed by atoms with Crippen molar-refractivity contribution in [1.29, 1.82) is 0 Å². The molecule has 17 heavy (non-hydrogen) atoms. The van der Waals surface area contributed by atoms with Gasteiger partial charge < -0.3 is 10.0 Å². The van der Waals surface area contributed by atoms with Crippen molar-refractivity contribution in [2.75, 3.05) is 13.1 Å². The van der Waals surface area contributed by atoms with Crippen molar-refractivity contribution in [3.05, 3.63) is 33.9 Å². The molecule has 0 bridgehead atoms. The summed E-state index contributed by atoms with van der Waals surface area (Å²) in [4.78, 5) is 23.4. The van der Waals surface area contributed by atoms with Crippen LogP contribution in [-0.2, 0) is 0 Å². The number of nitro benzene ring substituents is 1. The van der Waals surface area contributed by atoms with Crippen LogP contribution in [0.25, 0.3) is 0 Å². The van der Waals surface area contributed by atoms with Gasteiger partial charge in [0.15, 0.2) is 0 Å². The van der Waals surface area contributed by atoms with Gasteiger partial charge in [-0.3, -0.25) is 14.9 Å². The minimum atomic E-state index is -0.599. The van der Waals surface area contributed by atoms with Crippen LogP contribution in [0.2, 0.25) is 0 Å². The molecular weight excluding hydrogens is 224 g/mol. The maximum atomic E-state index is 11.9. The van der Waals surface area contributed by atoms with E-state index in [9.17, 15) is 20.0 Å². The van der Waals surface area contributed by atoms with E-state index in [1.54, 1.807) is 13.8 Å². The van der Waals surface area contributed by atoms with E-state index in [-0.39, 0.29) is 17.0 Å². The van der Waals surface area contributed by atoms with E-state index < -0.39 is 10.8 Å². The fourth-order valence-electron chi connectivity index (χ4n) is 1.49. The van der Waals surface area contributed by atoms with Gasteiger partial charge in [-0.2, -0.15) is 0 Å². The molecule has 6 heteroatoms. The topological polar surface area (TPSA) is 83.7 Å². The van der Waals surface area contributed by atoms with Crippen molar-refractivity contribution in [3.8, 4) is 5.75 Å².